The highest BCUT2D eigenvalue weighted by Crippen LogP contribution is 2.26. The van der Waals surface area contributed by atoms with Crippen molar-refractivity contribution in [3.63, 3.8) is 0 Å². The number of ether oxygens (including phenoxy) is 1. The molecule has 0 aromatic carbocycles. The molecule has 1 N–H and O–H groups in total. The molecule has 1 unspecified atom stereocenters. The Morgan fingerprint density at radius 2 is 1.90 bits per heavy atom. The summed E-state index contributed by atoms with van der Waals surface area (Å²) in [5.74, 6) is 0. The fraction of sp³-hybridized carbons (Fsp3) is 1.00. The highest BCUT2D eigenvalue weighted by Gasteiger charge is 2.27. The minimum Gasteiger partial charge on any atom is -0.374 e. The zero-order valence-electron chi connectivity index (χ0n) is 6.01. The van der Waals surface area contributed by atoms with Gasteiger partial charge in [-0.15, -0.1) is 12.4 Å². The van der Waals surface area contributed by atoms with Gasteiger partial charge in [-0.2, -0.15) is 0 Å². The van der Waals surface area contributed by atoms with E-state index in [1.54, 1.807) is 0 Å². The van der Waals surface area contributed by atoms with Crippen LogP contribution in [0.2, 0.25) is 0 Å². The lowest BCUT2D eigenvalue weighted by Crippen LogP contribution is -2.17. The standard InChI is InChI=1S/C7H13NO.ClH/c1-2-6(1)9-7-3-4-8-5-7;/h6-8H,1-5H2;1H. The van der Waals surface area contributed by atoms with Gasteiger partial charge in [0.2, 0.25) is 0 Å². The van der Waals surface area contributed by atoms with Gasteiger partial charge in [0, 0.05) is 6.54 Å². The van der Waals surface area contributed by atoms with Gasteiger partial charge in [0.25, 0.3) is 0 Å². The molecule has 0 spiro atoms. The molecule has 1 aliphatic heterocycles. The van der Waals surface area contributed by atoms with Crippen LogP contribution >= 0.6 is 12.4 Å². The van der Waals surface area contributed by atoms with Crippen LogP contribution in [0.1, 0.15) is 19.3 Å². The third-order valence-corrected chi connectivity index (χ3v) is 1.92. The van der Waals surface area contributed by atoms with Crippen LogP contribution in [0.5, 0.6) is 0 Å². The quantitative estimate of drug-likeness (QED) is 0.655. The van der Waals surface area contributed by atoms with E-state index in [1.165, 1.54) is 19.3 Å². The molecular weight excluding hydrogens is 150 g/mol. The van der Waals surface area contributed by atoms with E-state index >= 15 is 0 Å². The van der Waals surface area contributed by atoms with Gasteiger partial charge >= 0.3 is 0 Å². The second-order valence-electron chi connectivity index (χ2n) is 2.95. The largest absolute Gasteiger partial charge is 0.374 e. The minimum atomic E-state index is 0. The molecule has 1 aliphatic carbocycles. The van der Waals surface area contributed by atoms with Gasteiger partial charge in [0.05, 0.1) is 12.2 Å². The maximum absolute atomic E-state index is 5.66. The first-order chi connectivity index (χ1) is 4.45. The average Bonchev–Trinajstić information content (AvgIpc) is 2.46. The molecule has 2 nitrogen and oxygen atoms in total. The number of hydrogen-bond donors (Lipinski definition) is 1. The van der Waals surface area contributed by atoms with Crippen LogP contribution in [0, 0.1) is 0 Å². The lowest BCUT2D eigenvalue weighted by Gasteiger charge is -2.07. The Kier molecular flexibility index (Phi) is 2.96. The topological polar surface area (TPSA) is 21.3 Å². The number of hydrogen-bond acceptors (Lipinski definition) is 2. The molecule has 1 saturated heterocycles. The molecular formula is C7H14ClNO. The molecule has 2 rings (SSSR count). The van der Waals surface area contributed by atoms with Crippen molar-refractivity contribution in [3.8, 4) is 0 Å². The fourth-order valence-electron chi connectivity index (χ4n) is 1.22. The van der Waals surface area contributed by atoms with Gasteiger partial charge in [0.15, 0.2) is 0 Å². The molecule has 0 amide bonds. The van der Waals surface area contributed by atoms with Crippen LogP contribution in [-0.4, -0.2) is 25.3 Å². The van der Waals surface area contributed by atoms with Crippen molar-refractivity contribution >= 4 is 12.4 Å². The lowest BCUT2D eigenvalue weighted by molar-refractivity contribution is 0.0536. The van der Waals surface area contributed by atoms with Crippen molar-refractivity contribution in [2.75, 3.05) is 13.1 Å². The molecule has 0 radical (unpaired) electrons. The first-order valence-corrected chi connectivity index (χ1v) is 3.81. The Hall–Kier alpha value is 0.210. The Balaban J connectivity index is 0.000000500. The second kappa shape index (κ2) is 3.56. The predicted molar refractivity (Wildman–Crippen MR) is 42.6 cm³/mol. The number of nitrogens with one attached hydrogen (secondary N) is 1. The number of rotatable bonds is 2. The third kappa shape index (κ3) is 2.11. The van der Waals surface area contributed by atoms with E-state index in [0.29, 0.717) is 12.2 Å². The van der Waals surface area contributed by atoms with Gasteiger partial charge in [-0.3, -0.25) is 0 Å². The summed E-state index contributed by atoms with van der Waals surface area (Å²) in [5, 5.41) is 3.28. The molecule has 0 aromatic heterocycles. The van der Waals surface area contributed by atoms with Crippen molar-refractivity contribution in [1.29, 1.82) is 0 Å². The summed E-state index contributed by atoms with van der Waals surface area (Å²) in [4.78, 5) is 0. The normalized spacial score (nSPS) is 31.8. The Morgan fingerprint density at radius 1 is 1.10 bits per heavy atom. The van der Waals surface area contributed by atoms with Crippen LogP contribution in [0.3, 0.4) is 0 Å². The smallest absolute Gasteiger partial charge is 0.0715 e. The molecule has 60 valence electrons. The minimum absolute atomic E-state index is 0. The highest BCUT2D eigenvalue weighted by atomic mass is 35.5. The molecule has 2 aliphatic rings. The Morgan fingerprint density at radius 3 is 2.40 bits per heavy atom. The van der Waals surface area contributed by atoms with Gasteiger partial charge in [0.1, 0.15) is 0 Å². The van der Waals surface area contributed by atoms with E-state index in [2.05, 4.69) is 5.32 Å². The summed E-state index contributed by atoms with van der Waals surface area (Å²) in [6.07, 6.45) is 5.00. The molecule has 0 bridgehead atoms. The maximum Gasteiger partial charge on any atom is 0.0715 e. The summed E-state index contributed by atoms with van der Waals surface area (Å²) in [6.45, 7) is 2.23. The zero-order valence-corrected chi connectivity index (χ0v) is 6.82. The Labute approximate surface area is 67.7 Å². The van der Waals surface area contributed by atoms with Crippen LogP contribution in [0.4, 0.5) is 0 Å². The molecule has 0 aromatic rings. The van der Waals surface area contributed by atoms with E-state index in [9.17, 15) is 0 Å². The second-order valence-corrected chi connectivity index (χ2v) is 2.95. The van der Waals surface area contributed by atoms with Gasteiger partial charge in [-0.25, -0.2) is 0 Å². The SMILES string of the molecule is C1CC(OC2CC2)CN1.Cl. The summed E-state index contributed by atoms with van der Waals surface area (Å²) in [7, 11) is 0. The van der Waals surface area contributed by atoms with Crippen LogP contribution < -0.4 is 5.32 Å². The molecule has 3 heteroatoms. The molecule has 10 heavy (non-hydrogen) atoms. The van der Waals surface area contributed by atoms with E-state index in [1.807, 2.05) is 0 Å². The van der Waals surface area contributed by atoms with Crippen LogP contribution in [0.15, 0.2) is 0 Å². The Bertz CT molecular complexity index is 99.8. The van der Waals surface area contributed by atoms with Gasteiger partial charge in [-0.1, -0.05) is 0 Å². The monoisotopic (exact) mass is 163 g/mol. The summed E-state index contributed by atoms with van der Waals surface area (Å²) in [6, 6.07) is 0. The van der Waals surface area contributed by atoms with Crippen LogP contribution in [-0.2, 0) is 4.74 Å². The molecule has 1 heterocycles. The lowest BCUT2D eigenvalue weighted by atomic mass is 10.3. The van der Waals surface area contributed by atoms with E-state index in [4.69, 9.17) is 4.74 Å². The van der Waals surface area contributed by atoms with Crippen molar-refractivity contribution in [1.82, 2.24) is 5.32 Å². The van der Waals surface area contributed by atoms with Crippen molar-refractivity contribution < 1.29 is 4.74 Å². The van der Waals surface area contributed by atoms with Gasteiger partial charge < -0.3 is 10.1 Å². The zero-order chi connectivity index (χ0) is 6.10. The first kappa shape index (κ1) is 8.31. The molecule has 2 fully saturated rings. The summed E-state index contributed by atoms with van der Waals surface area (Å²) >= 11 is 0. The van der Waals surface area contributed by atoms with E-state index in [0.717, 1.165) is 13.1 Å². The van der Waals surface area contributed by atoms with Crippen molar-refractivity contribution in [2.24, 2.45) is 0 Å². The predicted octanol–water partition coefficient (Wildman–Crippen LogP) is 0.949. The maximum atomic E-state index is 5.66. The van der Waals surface area contributed by atoms with Crippen LogP contribution in [0.25, 0.3) is 0 Å². The van der Waals surface area contributed by atoms with E-state index < -0.39 is 0 Å². The summed E-state index contributed by atoms with van der Waals surface area (Å²) in [5.41, 5.74) is 0. The molecule has 1 saturated carbocycles. The molecule has 1 atom stereocenters. The van der Waals surface area contributed by atoms with Crippen molar-refractivity contribution in [2.45, 2.75) is 31.5 Å². The highest BCUT2D eigenvalue weighted by molar-refractivity contribution is 5.85. The number of halogens is 1. The third-order valence-electron chi connectivity index (χ3n) is 1.92. The van der Waals surface area contributed by atoms with Gasteiger partial charge in [-0.05, 0) is 25.8 Å². The van der Waals surface area contributed by atoms with Crippen molar-refractivity contribution in [3.05, 3.63) is 0 Å². The average molecular weight is 164 g/mol. The first-order valence-electron chi connectivity index (χ1n) is 3.81. The summed E-state index contributed by atoms with van der Waals surface area (Å²) < 4.78 is 5.66. The van der Waals surface area contributed by atoms with E-state index in [-0.39, 0.29) is 12.4 Å². The fourth-order valence-corrected chi connectivity index (χ4v) is 1.22.